The Morgan fingerprint density at radius 1 is 1.36 bits per heavy atom. The lowest BCUT2D eigenvalue weighted by Gasteiger charge is -2.14. The first-order valence-corrected chi connectivity index (χ1v) is 7.64. The highest BCUT2D eigenvalue weighted by atomic mass is 16.4. The Kier molecular flexibility index (Phi) is 4.74. The molecule has 0 aliphatic heterocycles. The lowest BCUT2D eigenvalue weighted by Crippen LogP contribution is -2.35. The summed E-state index contributed by atoms with van der Waals surface area (Å²) in [6.45, 7) is 4.28. The van der Waals surface area contributed by atoms with Crippen molar-refractivity contribution in [2.24, 2.45) is 17.3 Å². The highest BCUT2D eigenvalue weighted by Gasteiger charge is 2.52. The quantitative estimate of drug-likeness (QED) is 0.720. The van der Waals surface area contributed by atoms with Gasteiger partial charge >= 0.3 is 5.97 Å². The zero-order chi connectivity index (χ0) is 16.3. The van der Waals surface area contributed by atoms with Crippen molar-refractivity contribution in [2.75, 3.05) is 6.54 Å². The average Bonchev–Trinajstić information content (AvgIpc) is 3.18. The second kappa shape index (κ2) is 6.38. The van der Waals surface area contributed by atoms with Gasteiger partial charge in [0.2, 0.25) is 5.91 Å². The van der Waals surface area contributed by atoms with Crippen LogP contribution in [-0.4, -0.2) is 28.6 Å². The molecule has 1 aromatic rings. The molecule has 0 heterocycles. The van der Waals surface area contributed by atoms with Crippen LogP contribution in [0.1, 0.15) is 32.3 Å². The van der Waals surface area contributed by atoms with E-state index in [0.717, 1.165) is 18.4 Å². The van der Waals surface area contributed by atoms with Gasteiger partial charge in [-0.2, -0.15) is 0 Å². The summed E-state index contributed by atoms with van der Waals surface area (Å²) in [5.41, 5.74) is 0.906. The van der Waals surface area contributed by atoms with Gasteiger partial charge < -0.3 is 15.5 Å². The first-order chi connectivity index (χ1) is 10.4. The van der Waals surface area contributed by atoms with E-state index in [1.807, 2.05) is 0 Å². The summed E-state index contributed by atoms with van der Waals surface area (Å²) in [7, 11) is 0. The number of aromatic hydroxyl groups is 1. The summed E-state index contributed by atoms with van der Waals surface area (Å²) in [5, 5.41) is 21.3. The van der Waals surface area contributed by atoms with Crippen molar-refractivity contribution in [2.45, 2.75) is 33.1 Å². The van der Waals surface area contributed by atoms with Crippen LogP contribution in [0.25, 0.3) is 0 Å². The molecule has 3 atom stereocenters. The number of phenols is 1. The summed E-state index contributed by atoms with van der Waals surface area (Å²) in [4.78, 5) is 23.4. The number of carbonyl (C=O) groups is 2. The molecule has 1 aliphatic carbocycles. The molecule has 0 radical (unpaired) electrons. The molecule has 120 valence electrons. The number of hydrogen-bond donors (Lipinski definition) is 3. The first-order valence-electron chi connectivity index (χ1n) is 7.64. The molecule has 5 heteroatoms. The van der Waals surface area contributed by atoms with Crippen LogP contribution in [0, 0.1) is 17.3 Å². The minimum absolute atomic E-state index is 0.0145. The van der Waals surface area contributed by atoms with E-state index in [1.165, 1.54) is 12.1 Å². The fraction of sp³-hybridized carbons (Fsp3) is 0.529. The number of carboxylic acids is 1. The topological polar surface area (TPSA) is 86.6 Å². The van der Waals surface area contributed by atoms with Crippen molar-refractivity contribution in [1.82, 2.24) is 5.32 Å². The van der Waals surface area contributed by atoms with Crippen LogP contribution in [0.4, 0.5) is 0 Å². The van der Waals surface area contributed by atoms with Crippen molar-refractivity contribution >= 4 is 11.9 Å². The number of carboxylic acid groups (broad SMARTS) is 1. The molecule has 2 rings (SSSR count). The van der Waals surface area contributed by atoms with Gasteiger partial charge in [0, 0.05) is 12.5 Å². The fourth-order valence-electron chi connectivity index (χ4n) is 2.72. The van der Waals surface area contributed by atoms with Crippen LogP contribution in [0.2, 0.25) is 0 Å². The third-order valence-electron chi connectivity index (χ3n) is 4.77. The summed E-state index contributed by atoms with van der Waals surface area (Å²) in [6, 6.07) is 6.46. The molecule has 1 aromatic carbocycles. The predicted molar refractivity (Wildman–Crippen MR) is 82.5 cm³/mol. The van der Waals surface area contributed by atoms with E-state index < -0.39 is 11.9 Å². The third kappa shape index (κ3) is 3.78. The first kappa shape index (κ1) is 16.3. The van der Waals surface area contributed by atoms with Crippen LogP contribution in [0.5, 0.6) is 5.75 Å². The normalized spacial score (nSPS) is 24.5. The van der Waals surface area contributed by atoms with Gasteiger partial charge in [-0.05, 0) is 42.4 Å². The van der Waals surface area contributed by atoms with Gasteiger partial charge in [-0.25, -0.2) is 0 Å². The van der Waals surface area contributed by atoms with Gasteiger partial charge in [0.15, 0.2) is 0 Å². The maximum atomic E-state index is 12.1. The van der Waals surface area contributed by atoms with Gasteiger partial charge in [-0.15, -0.1) is 0 Å². The molecule has 1 amide bonds. The zero-order valence-corrected chi connectivity index (χ0v) is 13.0. The Morgan fingerprint density at radius 2 is 2.00 bits per heavy atom. The van der Waals surface area contributed by atoms with E-state index in [2.05, 4.69) is 19.2 Å². The second-order valence-electron chi connectivity index (χ2n) is 6.42. The largest absolute Gasteiger partial charge is 0.508 e. The van der Waals surface area contributed by atoms with E-state index in [9.17, 15) is 19.8 Å². The highest BCUT2D eigenvalue weighted by Crippen LogP contribution is 2.54. The molecule has 3 N–H and O–H groups in total. The number of aliphatic carboxylic acids is 1. The van der Waals surface area contributed by atoms with Gasteiger partial charge in [0.1, 0.15) is 5.75 Å². The molecule has 0 bridgehead atoms. The number of hydrogen-bond acceptors (Lipinski definition) is 3. The summed E-state index contributed by atoms with van der Waals surface area (Å²) < 4.78 is 0. The molecule has 22 heavy (non-hydrogen) atoms. The Morgan fingerprint density at radius 3 is 2.50 bits per heavy atom. The smallest absolute Gasteiger partial charge is 0.308 e. The Balaban J connectivity index is 1.88. The maximum Gasteiger partial charge on any atom is 0.308 e. The van der Waals surface area contributed by atoms with Crippen molar-refractivity contribution < 1.29 is 19.8 Å². The number of amides is 1. The molecule has 5 nitrogen and oxygen atoms in total. The van der Waals surface area contributed by atoms with Gasteiger partial charge in [0.25, 0.3) is 0 Å². The number of phenolic OH excluding ortho intramolecular Hbond substituents is 1. The van der Waals surface area contributed by atoms with Gasteiger partial charge in [-0.3, -0.25) is 9.59 Å². The van der Waals surface area contributed by atoms with E-state index in [4.69, 9.17) is 0 Å². The highest BCUT2D eigenvalue weighted by molar-refractivity contribution is 5.83. The minimum Gasteiger partial charge on any atom is -0.508 e. The molecule has 1 fully saturated rings. The molecular formula is C17H23NO4. The lowest BCUT2D eigenvalue weighted by atomic mass is 9.99. The van der Waals surface area contributed by atoms with E-state index >= 15 is 0 Å². The van der Waals surface area contributed by atoms with E-state index in [0.29, 0.717) is 6.42 Å². The summed E-state index contributed by atoms with van der Waals surface area (Å²) in [5.74, 6) is -1.47. The molecule has 3 unspecified atom stereocenters. The number of rotatable bonds is 7. The fourth-order valence-corrected chi connectivity index (χ4v) is 2.72. The van der Waals surface area contributed by atoms with Crippen molar-refractivity contribution in [3.05, 3.63) is 29.8 Å². The van der Waals surface area contributed by atoms with Crippen molar-refractivity contribution in [3.63, 3.8) is 0 Å². The standard InChI is InChI=1S/C17H23NO4/c1-3-17(2)9-14(17)15(20)18-10-12(16(21)22)8-11-4-6-13(19)7-5-11/h4-7,12,14,19H,3,8-10H2,1-2H3,(H,18,20)(H,21,22). The predicted octanol–water partition coefficient (Wildman–Crippen LogP) is 2.19. The number of benzene rings is 1. The maximum absolute atomic E-state index is 12.1. The van der Waals surface area contributed by atoms with Gasteiger partial charge in [0.05, 0.1) is 5.92 Å². The summed E-state index contributed by atoms with van der Waals surface area (Å²) >= 11 is 0. The van der Waals surface area contributed by atoms with Crippen LogP contribution in [-0.2, 0) is 16.0 Å². The molecule has 1 aliphatic rings. The zero-order valence-electron chi connectivity index (χ0n) is 13.0. The Hall–Kier alpha value is -2.04. The Bertz CT molecular complexity index is 554. The molecule has 0 aromatic heterocycles. The number of carbonyl (C=O) groups excluding carboxylic acids is 1. The molecule has 1 saturated carbocycles. The molecule has 0 spiro atoms. The molecule has 0 saturated heterocycles. The van der Waals surface area contributed by atoms with Crippen LogP contribution in [0.3, 0.4) is 0 Å². The SMILES string of the molecule is CCC1(C)CC1C(=O)NCC(Cc1ccc(O)cc1)C(=O)O. The van der Waals surface area contributed by atoms with E-state index in [1.54, 1.807) is 12.1 Å². The van der Waals surface area contributed by atoms with E-state index in [-0.39, 0.29) is 29.5 Å². The minimum atomic E-state index is -0.928. The second-order valence-corrected chi connectivity index (χ2v) is 6.42. The van der Waals surface area contributed by atoms with Crippen LogP contribution >= 0.6 is 0 Å². The van der Waals surface area contributed by atoms with Gasteiger partial charge in [-0.1, -0.05) is 26.0 Å². The number of nitrogens with one attached hydrogen (secondary N) is 1. The Labute approximate surface area is 130 Å². The monoisotopic (exact) mass is 305 g/mol. The average molecular weight is 305 g/mol. The molecular weight excluding hydrogens is 282 g/mol. The van der Waals surface area contributed by atoms with Crippen LogP contribution < -0.4 is 5.32 Å². The third-order valence-corrected chi connectivity index (χ3v) is 4.77. The lowest BCUT2D eigenvalue weighted by molar-refractivity contribution is -0.141. The van der Waals surface area contributed by atoms with Crippen molar-refractivity contribution in [1.29, 1.82) is 0 Å². The van der Waals surface area contributed by atoms with Crippen LogP contribution in [0.15, 0.2) is 24.3 Å². The van der Waals surface area contributed by atoms with Crippen molar-refractivity contribution in [3.8, 4) is 5.75 Å². The summed E-state index contributed by atoms with van der Waals surface area (Å²) in [6.07, 6.45) is 2.16.